The van der Waals surface area contributed by atoms with Crippen LogP contribution >= 0.6 is 0 Å². The van der Waals surface area contributed by atoms with E-state index >= 15 is 0 Å². The Morgan fingerprint density at radius 3 is 2.41 bits per heavy atom. The molecule has 4 nitrogen and oxygen atoms in total. The van der Waals surface area contributed by atoms with Gasteiger partial charge in [0.05, 0.1) is 11.5 Å². The molecule has 2 aliphatic heterocycles. The van der Waals surface area contributed by atoms with Gasteiger partial charge in [-0.15, -0.1) is 0 Å². The molecule has 0 aliphatic carbocycles. The van der Waals surface area contributed by atoms with Crippen LogP contribution in [0.2, 0.25) is 0 Å². The zero-order valence-electron chi connectivity index (χ0n) is 12.6. The van der Waals surface area contributed by atoms with E-state index in [0.29, 0.717) is 13.1 Å². The van der Waals surface area contributed by atoms with Crippen molar-refractivity contribution in [1.29, 1.82) is 0 Å². The van der Waals surface area contributed by atoms with Crippen LogP contribution in [-0.2, 0) is 4.79 Å². The lowest BCUT2D eigenvalue weighted by atomic mass is 9.96. The third-order valence-electron chi connectivity index (χ3n) is 4.58. The van der Waals surface area contributed by atoms with Crippen LogP contribution < -0.4 is 0 Å². The van der Waals surface area contributed by atoms with E-state index in [0.717, 1.165) is 38.8 Å². The second-order valence-corrected chi connectivity index (χ2v) is 6.10. The number of carbonyl (C=O) groups is 2. The molecule has 22 heavy (non-hydrogen) atoms. The second-order valence-electron chi connectivity index (χ2n) is 6.10. The summed E-state index contributed by atoms with van der Waals surface area (Å²) < 4.78 is 13.8. The van der Waals surface area contributed by atoms with Crippen LogP contribution in [0.15, 0.2) is 24.3 Å². The SMILES string of the molecule is O=C(c1ccccc1F)N1CCC[C@H](C(=O)N2CCCC2)C1. The topological polar surface area (TPSA) is 40.6 Å². The Morgan fingerprint density at radius 2 is 1.68 bits per heavy atom. The number of benzene rings is 1. The third-order valence-corrected chi connectivity index (χ3v) is 4.58. The summed E-state index contributed by atoms with van der Waals surface area (Å²) in [6.07, 6.45) is 3.74. The normalized spacial score (nSPS) is 22.0. The predicted molar refractivity (Wildman–Crippen MR) is 80.8 cm³/mol. The molecule has 2 fully saturated rings. The van der Waals surface area contributed by atoms with E-state index in [1.54, 1.807) is 17.0 Å². The van der Waals surface area contributed by atoms with Crippen molar-refractivity contribution in [3.05, 3.63) is 35.6 Å². The fourth-order valence-corrected chi connectivity index (χ4v) is 3.36. The van der Waals surface area contributed by atoms with Gasteiger partial charge in [-0.1, -0.05) is 12.1 Å². The van der Waals surface area contributed by atoms with Crippen molar-refractivity contribution in [2.24, 2.45) is 5.92 Å². The van der Waals surface area contributed by atoms with Gasteiger partial charge in [0.25, 0.3) is 5.91 Å². The number of amides is 2. The zero-order valence-corrected chi connectivity index (χ0v) is 12.6. The quantitative estimate of drug-likeness (QED) is 0.841. The molecule has 3 rings (SSSR count). The van der Waals surface area contributed by atoms with Crippen molar-refractivity contribution in [2.45, 2.75) is 25.7 Å². The van der Waals surface area contributed by atoms with Crippen LogP contribution in [0.3, 0.4) is 0 Å². The number of nitrogens with zero attached hydrogens (tertiary/aromatic N) is 2. The average molecular weight is 304 g/mol. The fourth-order valence-electron chi connectivity index (χ4n) is 3.36. The zero-order chi connectivity index (χ0) is 15.5. The maximum absolute atomic E-state index is 13.8. The van der Waals surface area contributed by atoms with E-state index in [-0.39, 0.29) is 23.3 Å². The van der Waals surface area contributed by atoms with Gasteiger partial charge in [0.2, 0.25) is 5.91 Å². The molecule has 2 amide bonds. The van der Waals surface area contributed by atoms with E-state index < -0.39 is 5.82 Å². The van der Waals surface area contributed by atoms with Crippen LogP contribution in [0.1, 0.15) is 36.0 Å². The van der Waals surface area contributed by atoms with Gasteiger partial charge in [-0.05, 0) is 37.8 Å². The van der Waals surface area contributed by atoms with Crippen LogP contribution in [0, 0.1) is 11.7 Å². The minimum absolute atomic E-state index is 0.0942. The van der Waals surface area contributed by atoms with Crippen molar-refractivity contribution in [3.63, 3.8) is 0 Å². The molecule has 118 valence electrons. The third kappa shape index (κ3) is 2.98. The van der Waals surface area contributed by atoms with Gasteiger partial charge in [0.1, 0.15) is 5.82 Å². The van der Waals surface area contributed by atoms with Gasteiger partial charge in [0, 0.05) is 26.2 Å². The van der Waals surface area contributed by atoms with Gasteiger partial charge in [-0.2, -0.15) is 0 Å². The van der Waals surface area contributed by atoms with Crippen molar-refractivity contribution in [1.82, 2.24) is 9.80 Å². The Balaban J connectivity index is 1.69. The van der Waals surface area contributed by atoms with E-state index in [4.69, 9.17) is 0 Å². The Kier molecular flexibility index (Phi) is 4.41. The molecule has 2 heterocycles. The van der Waals surface area contributed by atoms with E-state index in [1.807, 2.05) is 4.90 Å². The Hall–Kier alpha value is -1.91. The minimum Gasteiger partial charge on any atom is -0.342 e. The molecule has 0 saturated carbocycles. The lowest BCUT2D eigenvalue weighted by Crippen LogP contribution is -2.46. The lowest BCUT2D eigenvalue weighted by Gasteiger charge is -2.34. The molecule has 2 saturated heterocycles. The highest BCUT2D eigenvalue weighted by molar-refractivity contribution is 5.95. The minimum atomic E-state index is -0.500. The second kappa shape index (κ2) is 6.46. The number of hydrogen-bond acceptors (Lipinski definition) is 2. The maximum atomic E-state index is 13.8. The summed E-state index contributed by atoms with van der Waals surface area (Å²) in [7, 11) is 0. The molecule has 0 N–H and O–H groups in total. The Labute approximate surface area is 129 Å². The molecular formula is C17H21FN2O2. The number of halogens is 1. The summed E-state index contributed by atoms with van der Waals surface area (Å²) in [6.45, 7) is 2.66. The molecule has 0 bridgehead atoms. The number of piperidine rings is 1. The molecule has 1 aromatic rings. The monoisotopic (exact) mass is 304 g/mol. The first-order chi connectivity index (χ1) is 10.7. The highest BCUT2D eigenvalue weighted by Gasteiger charge is 2.32. The summed E-state index contributed by atoms with van der Waals surface area (Å²) in [6, 6.07) is 6.03. The van der Waals surface area contributed by atoms with Gasteiger partial charge < -0.3 is 9.80 Å². The average Bonchev–Trinajstić information content (AvgIpc) is 3.08. The van der Waals surface area contributed by atoms with Gasteiger partial charge >= 0.3 is 0 Å². The molecule has 5 heteroatoms. The lowest BCUT2D eigenvalue weighted by molar-refractivity contribution is -0.135. The summed E-state index contributed by atoms with van der Waals surface area (Å²) in [5.41, 5.74) is 0.0942. The number of hydrogen-bond donors (Lipinski definition) is 0. The first-order valence-electron chi connectivity index (χ1n) is 7.99. The van der Waals surface area contributed by atoms with Gasteiger partial charge in [-0.25, -0.2) is 4.39 Å². The van der Waals surface area contributed by atoms with Crippen LogP contribution in [0.25, 0.3) is 0 Å². The number of carbonyl (C=O) groups excluding carboxylic acids is 2. The van der Waals surface area contributed by atoms with Crippen LogP contribution in [-0.4, -0.2) is 47.8 Å². The van der Waals surface area contributed by atoms with Crippen molar-refractivity contribution in [3.8, 4) is 0 Å². The van der Waals surface area contributed by atoms with Crippen molar-refractivity contribution in [2.75, 3.05) is 26.2 Å². The number of rotatable bonds is 2. The molecule has 0 aromatic heterocycles. The smallest absolute Gasteiger partial charge is 0.256 e. The van der Waals surface area contributed by atoms with E-state index in [2.05, 4.69) is 0 Å². The number of likely N-dealkylation sites (tertiary alicyclic amines) is 2. The first-order valence-corrected chi connectivity index (χ1v) is 7.99. The molecule has 0 spiro atoms. The molecule has 0 radical (unpaired) electrons. The van der Waals surface area contributed by atoms with Gasteiger partial charge in [-0.3, -0.25) is 9.59 Å². The molecule has 1 atom stereocenters. The molecule has 0 unspecified atom stereocenters. The first kappa shape index (κ1) is 15.0. The van der Waals surface area contributed by atoms with E-state index in [9.17, 15) is 14.0 Å². The maximum Gasteiger partial charge on any atom is 0.256 e. The summed E-state index contributed by atoms with van der Waals surface area (Å²) in [5.74, 6) is -0.788. The predicted octanol–water partition coefficient (Wildman–Crippen LogP) is 2.30. The Morgan fingerprint density at radius 1 is 1.00 bits per heavy atom. The standard InChI is InChI=1S/C17H21FN2O2/c18-15-8-2-1-7-14(15)17(22)20-11-5-6-13(12-20)16(21)19-9-3-4-10-19/h1-2,7-8,13H,3-6,9-12H2/t13-/m0/s1. The molecule has 2 aliphatic rings. The van der Waals surface area contributed by atoms with Gasteiger partial charge in [0.15, 0.2) is 0 Å². The van der Waals surface area contributed by atoms with Crippen molar-refractivity contribution < 1.29 is 14.0 Å². The summed E-state index contributed by atoms with van der Waals surface area (Å²) in [5, 5.41) is 0. The van der Waals surface area contributed by atoms with E-state index in [1.165, 1.54) is 12.1 Å². The highest BCUT2D eigenvalue weighted by Crippen LogP contribution is 2.23. The van der Waals surface area contributed by atoms with Crippen LogP contribution in [0.5, 0.6) is 0 Å². The van der Waals surface area contributed by atoms with Crippen molar-refractivity contribution >= 4 is 11.8 Å². The highest BCUT2D eigenvalue weighted by atomic mass is 19.1. The molecular weight excluding hydrogens is 283 g/mol. The largest absolute Gasteiger partial charge is 0.342 e. The fraction of sp³-hybridized carbons (Fsp3) is 0.529. The molecule has 1 aromatic carbocycles. The summed E-state index contributed by atoms with van der Waals surface area (Å²) >= 11 is 0. The summed E-state index contributed by atoms with van der Waals surface area (Å²) in [4.78, 5) is 28.5. The Bertz CT molecular complexity index is 570. The van der Waals surface area contributed by atoms with Crippen LogP contribution in [0.4, 0.5) is 4.39 Å².